The average molecular weight is 480 g/mol. The number of hydrogen-bond acceptors (Lipinski definition) is 6. The summed E-state index contributed by atoms with van der Waals surface area (Å²) in [6.07, 6.45) is -0.0263. The molecule has 9 heteroatoms. The molecule has 1 aromatic rings. The van der Waals surface area contributed by atoms with Gasteiger partial charge in [-0.2, -0.15) is 12.6 Å². The number of phenolic OH excluding ortho intramolecular Hbond substituents is 1. The van der Waals surface area contributed by atoms with E-state index >= 15 is 0 Å². The summed E-state index contributed by atoms with van der Waals surface area (Å²) in [6, 6.07) is 4.19. The highest BCUT2D eigenvalue weighted by Gasteiger charge is 2.48. The van der Waals surface area contributed by atoms with Crippen LogP contribution < -0.4 is 10.6 Å². The number of carbonyl (C=O) groups is 3. The maximum Gasteiger partial charge on any atom is 0.408 e. The van der Waals surface area contributed by atoms with Crippen molar-refractivity contribution in [3.8, 4) is 5.75 Å². The van der Waals surface area contributed by atoms with Gasteiger partial charge < -0.3 is 25.4 Å². The Morgan fingerprint density at radius 3 is 2.21 bits per heavy atom. The van der Waals surface area contributed by atoms with E-state index in [1.165, 1.54) is 11.0 Å². The Balaban J connectivity index is 2.46. The molecule has 1 aromatic carbocycles. The number of nitrogens with zero attached hydrogens (tertiary/aromatic N) is 1. The Morgan fingerprint density at radius 2 is 1.76 bits per heavy atom. The zero-order valence-corrected chi connectivity index (χ0v) is 21.4. The lowest BCUT2D eigenvalue weighted by Crippen LogP contribution is -2.56. The van der Waals surface area contributed by atoms with Gasteiger partial charge >= 0.3 is 6.09 Å². The van der Waals surface area contributed by atoms with E-state index in [0.29, 0.717) is 12.0 Å². The molecule has 0 spiro atoms. The van der Waals surface area contributed by atoms with Crippen molar-refractivity contribution in [3.05, 3.63) is 29.8 Å². The minimum absolute atomic E-state index is 0.0179. The van der Waals surface area contributed by atoms with Crippen LogP contribution in [0.3, 0.4) is 0 Å². The predicted octanol–water partition coefficient (Wildman–Crippen LogP) is 3.41. The van der Waals surface area contributed by atoms with Crippen molar-refractivity contribution in [2.45, 2.75) is 84.2 Å². The molecule has 4 unspecified atom stereocenters. The minimum Gasteiger partial charge on any atom is -0.508 e. The van der Waals surface area contributed by atoms with Crippen LogP contribution in [0, 0.1) is 5.92 Å². The van der Waals surface area contributed by atoms with Crippen LogP contribution in [0.1, 0.15) is 66.5 Å². The fourth-order valence-corrected chi connectivity index (χ4v) is 3.81. The normalized spacial score (nSPS) is 19.8. The van der Waals surface area contributed by atoms with Gasteiger partial charge in [0.1, 0.15) is 23.4 Å². The van der Waals surface area contributed by atoms with Gasteiger partial charge in [-0.05, 0) is 59.9 Å². The highest BCUT2D eigenvalue weighted by atomic mass is 32.1. The van der Waals surface area contributed by atoms with Gasteiger partial charge in [0.25, 0.3) is 0 Å². The summed E-state index contributed by atoms with van der Waals surface area (Å²) >= 11 is 4.28. The average Bonchev–Trinajstić information content (AvgIpc) is 3.37. The first-order valence-electron chi connectivity index (χ1n) is 11.2. The number of carbonyl (C=O) groups excluding carboxylic acids is 3. The van der Waals surface area contributed by atoms with Crippen LogP contribution in [-0.4, -0.2) is 56.9 Å². The Morgan fingerprint density at radius 1 is 1.18 bits per heavy atom. The molecule has 1 aliphatic rings. The number of benzene rings is 1. The van der Waals surface area contributed by atoms with Gasteiger partial charge in [-0.3, -0.25) is 9.59 Å². The van der Waals surface area contributed by atoms with Gasteiger partial charge in [-0.1, -0.05) is 25.1 Å². The molecule has 1 saturated carbocycles. The number of para-hydroxylation sites is 1. The summed E-state index contributed by atoms with van der Waals surface area (Å²) in [6.45, 7) is 12.7. The smallest absolute Gasteiger partial charge is 0.408 e. The highest BCUT2D eigenvalue weighted by Crippen LogP contribution is 2.42. The molecule has 3 N–H and O–H groups in total. The SMILES string of the molecule is CC1CC1N(C(=O)C(CS)NC(=O)OC(C)(C)C)C(C(=O)NC(C)(C)C)c1ccccc1O. The Labute approximate surface area is 201 Å². The predicted molar refractivity (Wildman–Crippen MR) is 130 cm³/mol. The largest absolute Gasteiger partial charge is 0.508 e. The first kappa shape index (κ1) is 26.8. The first-order chi connectivity index (χ1) is 15.1. The summed E-state index contributed by atoms with van der Waals surface area (Å²) in [4.78, 5) is 41.1. The lowest BCUT2D eigenvalue weighted by Gasteiger charge is -2.36. The first-order valence-corrected chi connectivity index (χ1v) is 11.8. The molecule has 0 heterocycles. The molecular formula is C24H37N3O5S. The monoisotopic (exact) mass is 479 g/mol. The van der Waals surface area contributed by atoms with Crippen LogP contribution in [0.15, 0.2) is 24.3 Å². The van der Waals surface area contributed by atoms with Gasteiger partial charge in [-0.25, -0.2) is 4.79 Å². The second-order valence-electron chi connectivity index (χ2n) is 10.6. The number of hydrogen-bond donors (Lipinski definition) is 4. The Kier molecular flexibility index (Phi) is 8.32. The number of amides is 3. The number of thiol groups is 1. The molecule has 0 aromatic heterocycles. The van der Waals surface area contributed by atoms with Gasteiger partial charge in [-0.15, -0.1) is 0 Å². The van der Waals surface area contributed by atoms with Gasteiger partial charge in [0.15, 0.2) is 0 Å². The number of aromatic hydroxyl groups is 1. The summed E-state index contributed by atoms with van der Waals surface area (Å²) in [5, 5.41) is 16.1. The molecule has 0 aliphatic heterocycles. The zero-order valence-electron chi connectivity index (χ0n) is 20.5. The molecule has 3 amide bonds. The summed E-state index contributed by atoms with van der Waals surface area (Å²) in [5.41, 5.74) is -0.965. The third-order valence-corrected chi connectivity index (χ3v) is 5.47. The van der Waals surface area contributed by atoms with Crippen LogP contribution in [0.4, 0.5) is 4.79 Å². The van der Waals surface area contributed by atoms with Crippen LogP contribution in [-0.2, 0) is 14.3 Å². The molecule has 1 fully saturated rings. The van der Waals surface area contributed by atoms with Crippen molar-refractivity contribution in [1.82, 2.24) is 15.5 Å². The van der Waals surface area contributed by atoms with E-state index in [-0.39, 0.29) is 23.5 Å². The van der Waals surface area contributed by atoms with Gasteiger partial charge in [0.2, 0.25) is 11.8 Å². The number of alkyl carbamates (subject to hydrolysis) is 1. The van der Waals surface area contributed by atoms with Crippen molar-refractivity contribution in [1.29, 1.82) is 0 Å². The highest BCUT2D eigenvalue weighted by molar-refractivity contribution is 7.80. The van der Waals surface area contributed by atoms with Crippen molar-refractivity contribution in [2.24, 2.45) is 5.92 Å². The van der Waals surface area contributed by atoms with Crippen LogP contribution in [0.5, 0.6) is 5.75 Å². The van der Waals surface area contributed by atoms with Crippen molar-refractivity contribution < 1.29 is 24.2 Å². The Bertz CT molecular complexity index is 878. The minimum atomic E-state index is -1.07. The van der Waals surface area contributed by atoms with E-state index in [0.717, 1.165) is 0 Å². The molecular weight excluding hydrogens is 442 g/mol. The number of ether oxygens (including phenoxy) is 1. The van der Waals surface area contributed by atoms with Crippen LogP contribution in [0.25, 0.3) is 0 Å². The fraction of sp³-hybridized carbons (Fsp3) is 0.625. The van der Waals surface area contributed by atoms with E-state index < -0.39 is 41.1 Å². The second-order valence-corrected chi connectivity index (χ2v) is 11.0. The van der Waals surface area contributed by atoms with E-state index in [4.69, 9.17) is 4.74 Å². The number of phenols is 1. The topological polar surface area (TPSA) is 108 Å². The van der Waals surface area contributed by atoms with E-state index in [9.17, 15) is 19.5 Å². The van der Waals surface area contributed by atoms with Crippen molar-refractivity contribution in [2.75, 3.05) is 5.75 Å². The number of rotatable bonds is 7. The van der Waals surface area contributed by atoms with E-state index in [1.54, 1.807) is 39.0 Å². The maximum atomic E-state index is 13.7. The Hall–Kier alpha value is -2.42. The molecule has 184 valence electrons. The quantitative estimate of drug-likeness (QED) is 0.448. The maximum absolute atomic E-state index is 13.7. The summed E-state index contributed by atoms with van der Waals surface area (Å²) < 4.78 is 5.30. The lowest BCUT2D eigenvalue weighted by atomic mass is 9.99. The standard InChI is InChI=1S/C24H37N3O5S/c1-14-12-17(14)27(21(30)16(13-33)25-22(31)32-24(5,6)7)19(20(29)26-23(2,3)4)15-10-8-9-11-18(15)28/h8-11,14,16-17,19,28,33H,12-13H2,1-7H3,(H,25,31)(H,26,29). The van der Waals surface area contributed by atoms with Crippen molar-refractivity contribution >= 4 is 30.5 Å². The molecule has 1 aliphatic carbocycles. The third kappa shape index (κ3) is 7.55. The molecule has 0 saturated heterocycles. The summed E-state index contributed by atoms with van der Waals surface area (Å²) in [7, 11) is 0. The second kappa shape index (κ2) is 10.2. The zero-order chi connectivity index (χ0) is 25.1. The fourth-order valence-electron chi connectivity index (χ4n) is 3.56. The van der Waals surface area contributed by atoms with Gasteiger partial charge in [0, 0.05) is 22.9 Å². The van der Waals surface area contributed by atoms with Crippen molar-refractivity contribution in [3.63, 3.8) is 0 Å². The molecule has 2 rings (SSSR count). The number of nitrogens with one attached hydrogen (secondary N) is 2. The van der Waals surface area contributed by atoms with E-state index in [2.05, 4.69) is 23.3 Å². The molecule has 4 atom stereocenters. The van der Waals surface area contributed by atoms with Gasteiger partial charge in [0.05, 0.1) is 0 Å². The van der Waals surface area contributed by atoms with E-state index in [1.807, 2.05) is 27.7 Å². The van der Waals surface area contributed by atoms with Crippen LogP contribution >= 0.6 is 12.6 Å². The molecule has 0 bridgehead atoms. The third-order valence-electron chi connectivity index (χ3n) is 5.11. The molecule has 0 radical (unpaired) electrons. The summed E-state index contributed by atoms with van der Waals surface area (Å²) in [5.74, 6) is -0.759. The lowest BCUT2D eigenvalue weighted by molar-refractivity contribution is -0.143. The molecule has 8 nitrogen and oxygen atoms in total. The van der Waals surface area contributed by atoms with Crippen LogP contribution in [0.2, 0.25) is 0 Å². The molecule has 33 heavy (non-hydrogen) atoms.